The molecule has 4 rings (SSSR count). The number of nitrogens with zero attached hydrogens (tertiary/aromatic N) is 3. The molecule has 0 bridgehead atoms. The molecule has 9 heteroatoms. The van der Waals surface area contributed by atoms with E-state index in [2.05, 4.69) is 39.3 Å². The number of thiophene rings is 1. The molecule has 6 nitrogen and oxygen atoms in total. The average molecular weight is 448 g/mol. The molecule has 1 aliphatic heterocycles. The number of rotatable bonds is 5. The first-order valence-corrected chi connectivity index (χ1v) is 11.1. The van der Waals surface area contributed by atoms with Crippen molar-refractivity contribution in [2.45, 2.75) is 38.8 Å². The van der Waals surface area contributed by atoms with Crippen LogP contribution in [0.25, 0.3) is 10.2 Å². The van der Waals surface area contributed by atoms with Gasteiger partial charge < -0.3 is 15.5 Å². The highest BCUT2D eigenvalue weighted by Gasteiger charge is 2.23. The fraction of sp³-hybridized carbons (Fsp3) is 0.381. The maximum Gasteiger partial charge on any atom is 0.261 e. The van der Waals surface area contributed by atoms with Gasteiger partial charge in [-0.2, -0.15) is 0 Å². The van der Waals surface area contributed by atoms with Crippen LogP contribution in [0, 0.1) is 5.82 Å². The predicted octanol–water partition coefficient (Wildman–Crippen LogP) is 4.83. The van der Waals surface area contributed by atoms with Crippen LogP contribution in [-0.4, -0.2) is 45.9 Å². The van der Waals surface area contributed by atoms with E-state index in [0.29, 0.717) is 27.3 Å². The van der Waals surface area contributed by atoms with Gasteiger partial charge in [-0.3, -0.25) is 4.79 Å². The topological polar surface area (TPSA) is 70.2 Å². The van der Waals surface area contributed by atoms with E-state index in [1.54, 1.807) is 12.1 Å². The highest BCUT2D eigenvalue weighted by atomic mass is 35.5. The molecule has 0 unspecified atom stereocenters. The van der Waals surface area contributed by atoms with Crippen LogP contribution >= 0.6 is 22.9 Å². The van der Waals surface area contributed by atoms with Crippen LogP contribution in [-0.2, 0) is 0 Å². The zero-order chi connectivity index (χ0) is 21.3. The summed E-state index contributed by atoms with van der Waals surface area (Å²) < 4.78 is 13.4. The largest absolute Gasteiger partial charge is 0.349 e. The first-order chi connectivity index (χ1) is 14.4. The minimum atomic E-state index is -0.483. The molecule has 3 aromatic rings. The van der Waals surface area contributed by atoms with Gasteiger partial charge in [0.15, 0.2) is 0 Å². The second kappa shape index (κ2) is 8.83. The Morgan fingerprint density at radius 3 is 2.73 bits per heavy atom. The zero-order valence-corrected chi connectivity index (χ0v) is 18.4. The second-order valence-corrected chi connectivity index (χ2v) is 9.12. The van der Waals surface area contributed by atoms with Gasteiger partial charge >= 0.3 is 0 Å². The Kier molecular flexibility index (Phi) is 6.17. The smallest absolute Gasteiger partial charge is 0.261 e. The summed E-state index contributed by atoms with van der Waals surface area (Å²) in [4.78, 5) is 25.1. The molecule has 3 heterocycles. The average Bonchev–Trinajstić information content (AvgIpc) is 3.17. The van der Waals surface area contributed by atoms with Gasteiger partial charge in [-0.15, -0.1) is 11.3 Å². The lowest BCUT2D eigenvalue weighted by Crippen LogP contribution is -2.46. The van der Waals surface area contributed by atoms with Crippen molar-refractivity contribution in [2.24, 2.45) is 0 Å². The second-order valence-electron chi connectivity index (χ2n) is 7.68. The van der Waals surface area contributed by atoms with Crippen molar-refractivity contribution in [1.29, 1.82) is 0 Å². The Balaban J connectivity index is 1.49. The molecule has 2 aromatic heterocycles. The Hall–Kier alpha value is -2.29. The quantitative estimate of drug-likeness (QED) is 0.586. The molecule has 158 valence electrons. The molecule has 0 spiro atoms. The predicted molar refractivity (Wildman–Crippen MR) is 119 cm³/mol. The van der Waals surface area contributed by atoms with Crippen LogP contribution in [0.15, 0.2) is 30.6 Å². The van der Waals surface area contributed by atoms with E-state index in [4.69, 9.17) is 11.6 Å². The molecule has 1 amide bonds. The monoisotopic (exact) mass is 447 g/mol. The number of anilines is 2. The number of hydrogen-bond donors (Lipinski definition) is 2. The summed E-state index contributed by atoms with van der Waals surface area (Å²) in [6.45, 7) is 6.38. The highest BCUT2D eigenvalue weighted by Crippen LogP contribution is 2.31. The first-order valence-electron chi connectivity index (χ1n) is 9.92. The van der Waals surface area contributed by atoms with Crippen LogP contribution in [0.5, 0.6) is 0 Å². The first kappa shape index (κ1) is 21.0. The Labute approximate surface area is 183 Å². The maximum atomic E-state index is 13.4. The van der Waals surface area contributed by atoms with E-state index in [1.165, 1.54) is 29.8 Å². The number of nitrogens with one attached hydrogen (secondary N) is 2. The lowest BCUT2D eigenvalue weighted by Gasteiger charge is -2.34. The Bertz CT molecular complexity index is 1060. The minimum Gasteiger partial charge on any atom is -0.349 e. The fourth-order valence-corrected chi connectivity index (χ4v) is 4.68. The van der Waals surface area contributed by atoms with Crippen molar-refractivity contribution in [3.05, 3.63) is 46.3 Å². The van der Waals surface area contributed by atoms with Crippen LogP contribution in [0.3, 0.4) is 0 Å². The summed E-state index contributed by atoms with van der Waals surface area (Å²) in [5.74, 6) is -0.0243. The lowest BCUT2D eigenvalue weighted by atomic mass is 10.0. The third kappa shape index (κ3) is 4.55. The molecule has 0 radical (unpaired) electrons. The number of carbonyl (C=O) groups is 1. The lowest BCUT2D eigenvalue weighted by molar-refractivity contribution is 0.0905. The van der Waals surface area contributed by atoms with Gasteiger partial charge in [0.25, 0.3) is 5.91 Å². The van der Waals surface area contributed by atoms with Crippen LogP contribution in [0.4, 0.5) is 15.9 Å². The number of carbonyl (C=O) groups excluding carboxylic acids is 1. The van der Waals surface area contributed by atoms with Gasteiger partial charge in [0, 0.05) is 30.9 Å². The SMILES string of the molecule is CC(C)N1CCC(NC(=O)c2cc3c(Nc4ccc(F)c(Cl)c4)ncnc3s2)CC1. The molecule has 1 aromatic carbocycles. The van der Waals surface area contributed by atoms with Crippen LogP contribution < -0.4 is 10.6 Å². The molecular weight excluding hydrogens is 425 g/mol. The summed E-state index contributed by atoms with van der Waals surface area (Å²) in [6, 6.07) is 6.88. The fourth-order valence-electron chi connectivity index (χ4n) is 3.59. The van der Waals surface area contributed by atoms with E-state index in [-0.39, 0.29) is 17.0 Å². The highest BCUT2D eigenvalue weighted by molar-refractivity contribution is 7.20. The van der Waals surface area contributed by atoms with Crippen molar-refractivity contribution in [3.63, 3.8) is 0 Å². The van der Waals surface area contributed by atoms with E-state index in [0.717, 1.165) is 31.3 Å². The normalized spacial score (nSPS) is 15.6. The standard InChI is InChI=1S/C21H23ClFN5OS/c1-12(2)28-7-5-13(6-8-28)27-20(29)18-10-15-19(24-11-25-21(15)30-18)26-14-3-4-17(23)16(22)9-14/h3-4,9-13H,5-8H2,1-2H3,(H,27,29)(H,24,25,26). The van der Waals surface area contributed by atoms with E-state index in [1.807, 2.05) is 0 Å². The van der Waals surface area contributed by atoms with Crippen molar-refractivity contribution < 1.29 is 9.18 Å². The molecule has 0 aliphatic carbocycles. The molecule has 0 saturated carbocycles. The molecule has 30 heavy (non-hydrogen) atoms. The summed E-state index contributed by atoms with van der Waals surface area (Å²) in [7, 11) is 0. The molecule has 1 saturated heterocycles. The van der Waals surface area contributed by atoms with Crippen molar-refractivity contribution in [2.75, 3.05) is 18.4 Å². The van der Waals surface area contributed by atoms with Gasteiger partial charge in [-0.25, -0.2) is 14.4 Å². The summed E-state index contributed by atoms with van der Waals surface area (Å²) in [6.07, 6.45) is 3.34. The Morgan fingerprint density at radius 1 is 1.27 bits per heavy atom. The van der Waals surface area contributed by atoms with Gasteiger partial charge in [0.1, 0.15) is 22.8 Å². The third-order valence-corrected chi connectivity index (χ3v) is 6.66. The van der Waals surface area contributed by atoms with Gasteiger partial charge in [-0.1, -0.05) is 11.6 Å². The van der Waals surface area contributed by atoms with Crippen LogP contribution in [0.1, 0.15) is 36.4 Å². The number of benzene rings is 1. The summed E-state index contributed by atoms with van der Waals surface area (Å²) >= 11 is 7.19. The van der Waals surface area contributed by atoms with Gasteiger partial charge in [0.2, 0.25) is 0 Å². The number of aromatic nitrogens is 2. The number of fused-ring (bicyclic) bond motifs is 1. The molecule has 1 fully saturated rings. The van der Waals surface area contributed by atoms with E-state index in [9.17, 15) is 9.18 Å². The number of piperidine rings is 1. The van der Waals surface area contributed by atoms with Crippen molar-refractivity contribution in [1.82, 2.24) is 20.2 Å². The van der Waals surface area contributed by atoms with E-state index < -0.39 is 5.82 Å². The molecule has 1 aliphatic rings. The number of hydrogen-bond acceptors (Lipinski definition) is 6. The van der Waals surface area contributed by atoms with Gasteiger partial charge in [0.05, 0.1) is 15.3 Å². The summed E-state index contributed by atoms with van der Waals surface area (Å²) in [5, 5.41) is 7.05. The molecule has 2 N–H and O–H groups in total. The number of halogens is 2. The third-order valence-electron chi connectivity index (χ3n) is 5.33. The van der Waals surface area contributed by atoms with Gasteiger partial charge in [-0.05, 0) is 51.0 Å². The molecule has 0 atom stereocenters. The Morgan fingerprint density at radius 2 is 2.03 bits per heavy atom. The number of likely N-dealkylation sites (tertiary alicyclic amines) is 1. The minimum absolute atomic E-state index is 0.0270. The zero-order valence-electron chi connectivity index (χ0n) is 16.8. The van der Waals surface area contributed by atoms with E-state index >= 15 is 0 Å². The maximum absolute atomic E-state index is 13.4. The number of amides is 1. The molecular formula is C21H23ClFN5OS. The van der Waals surface area contributed by atoms with Crippen molar-refractivity contribution >= 4 is 50.6 Å². The summed E-state index contributed by atoms with van der Waals surface area (Å²) in [5.41, 5.74) is 0.607. The van der Waals surface area contributed by atoms with Crippen LogP contribution in [0.2, 0.25) is 5.02 Å². The van der Waals surface area contributed by atoms with Crippen molar-refractivity contribution in [3.8, 4) is 0 Å².